The van der Waals surface area contributed by atoms with E-state index in [4.69, 9.17) is 4.74 Å². The van der Waals surface area contributed by atoms with Gasteiger partial charge in [-0.2, -0.15) is 0 Å². The number of nitrogens with one attached hydrogen (secondary N) is 2. The number of rotatable bonds is 5. The van der Waals surface area contributed by atoms with Gasteiger partial charge in [0, 0.05) is 31.1 Å². The zero-order chi connectivity index (χ0) is 17.8. The van der Waals surface area contributed by atoms with Gasteiger partial charge in [0.15, 0.2) is 11.6 Å². The maximum Gasteiger partial charge on any atom is 0.254 e. The smallest absolute Gasteiger partial charge is 0.254 e. The van der Waals surface area contributed by atoms with Gasteiger partial charge in [0.25, 0.3) is 5.91 Å². The van der Waals surface area contributed by atoms with Crippen molar-refractivity contribution in [2.24, 2.45) is 0 Å². The highest BCUT2D eigenvalue weighted by Gasteiger charge is 2.23. The summed E-state index contributed by atoms with van der Waals surface area (Å²) in [6.45, 7) is 2.91. The lowest BCUT2D eigenvalue weighted by atomic mass is 10.2. The zero-order valence-electron chi connectivity index (χ0n) is 14.6. The average Bonchev–Trinajstić information content (AvgIpc) is 3.38. The Hall–Kier alpha value is -2.67. The first kappa shape index (κ1) is 16.8. The zero-order valence-corrected chi connectivity index (χ0v) is 14.6. The van der Waals surface area contributed by atoms with E-state index in [1.807, 2.05) is 12.1 Å². The fourth-order valence-corrected chi connectivity index (χ4v) is 3.34. The monoisotopic (exact) mass is 353 g/mol. The minimum atomic E-state index is -0.372. The quantitative estimate of drug-likeness (QED) is 0.860. The van der Waals surface area contributed by atoms with E-state index in [1.54, 1.807) is 12.1 Å². The first-order valence-corrected chi connectivity index (χ1v) is 9.16. The number of anilines is 4. The first-order valence-electron chi connectivity index (χ1n) is 9.16. The summed E-state index contributed by atoms with van der Waals surface area (Å²) in [6.07, 6.45) is 3.84. The number of aromatic nitrogens is 2. The van der Waals surface area contributed by atoms with Gasteiger partial charge in [-0.15, -0.1) is 10.2 Å². The molecule has 0 bridgehead atoms. The van der Waals surface area contributed by atoms with Gasteiger partial charge in [0.2, 0.25) is 0 Å². The third kappa shape index (κ3) is 3.94. The van der Waals surface area contributed by atoms with E-state index in [9.17, 15) is 4.79 Å². The highest BCUT2D eigenvalue weighted by molar-refractivity contribution is 5.93. The molecule has 4 rings (SSSR count). The van der Waals surface area contributed by atoms with Crippen LogP contribution in [0.4, 0.5) is 23.0 Å². The molecule has 0 radical (unpaired) electrons. The van der Waals surface area contributed by atoms with Gasteiger partial charge in [0.1, 0.15) is 6.10 Å². The summed E-state index contributed by atoms with van der Waals surface area (Å²) in [5.41, 5.74) is 2.21. The fraction of sp³-hybridized carbons (Fsp3) is 0.421. The lowest BCUT2D eigenvalue weighted by Crippen LogP contribution is -2.27. The van der Waals surface area contributed by atoms with Crippen LogP contribution in [-0.4, -0.2) is 41.9 Å². The van der Waals surface area contributed by atoms with Crippen molar-refractivity contribution in [2.75, 3.05) is 35.2 Å². The summed E-state index contributed by atoms with van der Waals surface area (Å²) < 4.78 is 5.36. The van der Waals surface area contributed by atoms with Gasteiger partial charge in [0.05, 0.1) is 0 Å². The van der Waals surface area contributed by atoms with Gasteiger partial charge in [-0.1, -0.05) is 0 Å². The van der Waals surface area contributed by atoms with Crippen LogP contribution in [0.3, 0.4) is 0 Å². The van der Waals surface area contributed by atoms with Gasteiger partial charge >= 0.3 is 0 Å². The summed E-state index contributed by atoms with van der Waals surface area (Å²) >= 11 is 0. The van der Waals surface area contributed by atoms with Crippen molar-refractivity contribution in [2.45, 2.75) is 31.8 Å². The van der Waals surface area contributed by atoms with Crippen molar-refractivity contribution in [3.8, 4) is 0 Å². The lowest BCUT2D eigenvalue weighted by Gasteiger charge is -2.17. The maximum absolute atomic E-state index is 12.0. The molecular formula is C19H23N5O2. The van der Waals surface area contributed by atoms with E-state index in [1.165, 1.54) is 18.5 Å². The Bertz CT molecular complexity index is 736. The Labute approximate surface area is 152 Å². The predicted octanol–water partition coefficient (Wildman–Crippen LogP) is 2.94. The van der Waals surface area contributed by atoms with Crippen molar-refractivity contribution in [1.82, 2.24) is 10.2 Å². The van der Waals surface area contributed by atoms with E-state index in [0.717, 1.165) is 31.6 Å². The van der Waals surface area contributed by atoms with E-state index >= 15 is 0 Å². The molecule has 26 heavy (non-hydrogen) atoms. The maximum atomic E-state index is 12.0. The van der Waals surface area contributed by atoms with Crippen molar-refractivity contribution in [3.63, 3.8) is 0 Å². The van der Waals surface area contributed by atoms with Gasteiger partial charge in [-0.05, 0) is 62.1 Å². The molecular weight excluding hydrogens is 330 g/mol. The van der Waals surface area contributed by atoms with E-state index in [-0.39, 0.29) is 12.0 Å². The minimum absolute atomic E-state index is 0.157. The molecule has 0 saturated carbocycles. The number of ether oxygens (including phenoxy) is 1. The Morgan fingerprint density at radius 1 is 1.00 bits per heavy atom. The third-order valence-electron chi connectivity index (χ3n) is 4.75. The van der Waals surface area contributed by atoms with Crippen LogP contribution in [0.5, 0.6) is 0 Å². The highest BCUT2D eigenvalue weighted by Crippen LogP contribution is 2.23. The SMILES string of the molecule is O=C(Nc1ccc(Nc2ccc(N3CCCC3)cc2)nn1)C1CCCO1. The molecule has 1 atom stereocenters. The summed E-state index contributed by atoms with van der Waals surface area (Å²) in [6, 6.07) is 11.9. The van der Waals surface area contributed by atoms with Crippen molar-refractivity contribution in [1.29, 1.82) is 0 Å². The lowest BCUT2D eigenvalue weighted by molar-refractivity contribution is -0.124. The van der Waals surface area contributed by atoms with Crippen LogP contribution in [-0.2, 0) is 9.53 Å². The molecule has 2 aliphatic rings. The largest absolute Gasteiger partial charge is 0.372 e. The third-order valence-corrected chi connectivity index (χ3v) is 4.75. The Morgan fingerprint density at radius 2 is 1.73 bits per heavy atom. The molecule has 7 nitrogen and oxygen atoms in total. The number of amides is 1. The number of hydrogen-bond acceptors (Lipinski definition) is 6. The van der Waals surface area contributed by atoms with Crippen molar-refractivity contribution in [3.05, 3.63) is 36.4 Å². The first-order chi connectivity index (χ1) is 12.8. The number of nitrogens with zero attached hydrogens (tertiary/aromatic N) is 3. The van der Waals surface area contributed by atoms with Crippen molar-refractivity contribution >= 4 is 28.9 Å². The molecule has 2 aromatic rings. The highest BCUT2D eigenvalue weighted by atomic mass is 16.5. The van der Waals surface area contributed by atoms with Gasteiger partial charge in [-0.3, -0.25) is 4.79 Å². The van der Waals surface area contributed by atoms with Crippen LogP contribution in [0.2, 0.25) is 0 Å². The predicted molar refractivity (Wildman–Crippen MR) is 101 cm³/mol. The molecule has 1 unspecified atom stereocenters. The summed E-state index contributed by atoms with van der Waals surface area (Å²) in [5.74, 6) is 0.907. The molecule has 2 saturated heterocycles. The Morgan fingerprint density at radius 3 is 2.38 bits per heavy atom. The molecule has 0 aliphatic carbocycles. The van der Waals surface area contributed by atoms with Crippen LogP contribution in [0.1, 0.15) is 25.7 Å². The second kappa shape index (κ2) is 7.70. The van der Waals surface area contributed by atoms with E-state index in [0.29, 0.717) is 18.2 Å². The Kier molecular flexibility index (Phi) is 4.97. The fourth-order valence-electron chi connectivity index (χ4n) is 3.34. The van der Waals surface area contributed by atoms with Crippen LogP contribution in [0.15, 0.2) is 36.4 Å². The molecule has 1 aromatic heterocycles. The standard InChI is InChI=1S/C19H23N5O2/c25-19(16-4-3-13-26-16)21-18-10-9-17(22-23-18)20-14-5-7-15(8-6-14)24-11-1-2-12-24/h5-10,16H,1-4,11-13H2,(H,20,22)(H,21,23,25). The molecule has 2 fully saturated rings. The topological polar surface area (TPSA) is 79.4 Å². The summed E-state index contributed by atoms with van der Waals surface area (Å²) in [7, 11) is 0. The van der Waals surface area contributed by atoms with E-state index in [2.05, 4.69) is 37.9 Å². The molecule has 2 aliphatic heterocycles. The average molecular weight is 353 g/mol. The second-order valence-corrected chi connectivity index (χ2v) is 6.66. The van der Waals surface area contributed by atoms with Crippen LogP contribution in [0.25, 0.3) is 0 Å². The molecule has 7 heteroatoms. The van der Waals surface area contributed by atoms with Crippen LogP contribution < -0.4 is 15.5 Å². The molecule has 0 spiro atoms. The molecule has 1 aromatic carbocycles. The second-order valence-electron chi connectivity index (χ2n) is 6.66. The summed E-state index contributed by atoms with van der Waals surface area (Å²) in [4.78, 5) is 14.4. The Balaban J connectivity index is 1.34. The molecule has 3 heterocycles. The number of hydrogen-bond donors (Lipinski definition) is 2. The molecule has 2 N–H and O–H groups in total. The number of carbonyl (C=O) groups excluding carboxylic acids is 1. The molecule has 136 valence electrons. The molecule has 1 amide bonds. The van der Waals surface area contributed by atoms with Crippen LogP contribution >= 0.6 is 0 Å². The normalized spacial score (nSPS) is 19.5. The van der Waals surface area contributed by atoms with Crippen LogP contribution in [0, 0.1) is 0 Å². The van der Waals surface area contributed by atoms with Crippen molar-refractivity contribution < 1.29 is 9.53 Å². The minimum Gasteiger partial charge on any atom is -0.372 e. The van der Waals surface area contributed by atoms with E-state index < -0.39 is 0 Å². The van der Waals surface area contributed by atoms with Gasteiger partial charge < -0.3 is 20.3 Å². The summed E-state index contributed by atoms with van der Waals surface area (Å²) in [5, 5.41) is 14.2. The number of carbonyl (C=O) groups is 1. The number of benzene rings is 1. The van der Waals surface area contributed by atoms with Gasteiger partial charge in [-0.25, -0.2) is 0 Å².